The summed E-state index contributed by atoms with van der Waals surface area (Å²) >= 11 is 6.18. The fourth-order valence-corrected chi connectivity index (χ4v) is 2.70. The van der Waals surface area contributed by atoms with Gasteiger partial charge in [0.1, 0.15) is 18.8 Å². The maximum Gasteiger partial charge on any atom is 0.323 e. The van der Waals surface area contributed by atoms with Crippen LogP contribution < -0.4 is 14.8 Å². The van der Waals surface area contributed by atoms with Crippen LogP contribution in [0.4, 0.5) is 0 Å². The molecule has 116 valence electrons. The summed E-state index contributed by atoms with van der Waals surface area (Å²) in [6.07, 6.45) is 1.02. The van der Waals surface area contributed by atoms with Crippen LogP contribution in [0.1, 0.15) is 32.3 Å². The minimum atomic E-state index is -0.917. The van der Waals surface area contributed by atoms with Gasteiger partial charge >= 0.3 is 5.97 Å². The zero-order chi connectivity index (χ0) is 15.5. The van der Waals surface area contributed by atoms with Gasteiger partial charge in [0.2, 0.25) is 0 Å². The largest absolute Gasteiger partial charge is 0.486 e. The molecular weight excluding hydrogens is 294 g/mol. The van der Waals surface area contributed by atoms with Crippen LogP contribution in [0, 0.1) is 0 Å². The molecule has 0 amide bonds. The van der Waals surface area contributed by atoms with E-state index >= 15 is 0 Å². The maximum absolute atomic E-state index is 11.5. The van der Waals surface area contributed by atoms with E-state index in [0.29, 0.717) is 49.1 Å². The zero-order valence-corrected chi connectivity index (χ0v) is 13.0. The van der Waals surface area contributed by atoms with Crippen LogP contribution in [-0.4, -0.2) is 29.8 Å². The van der Waals surface area contributed by atoms with E-state index in [1.807, 2.05) is 19.9 Å². The van der Waals surface area contributed by atoms with Crippen molar-refractivity contribution in [1.29, 1.82) is 0 Å². The second-order valence-corrected chi connectivity index (χ2v) is 5.46. The summed E-state index contributed by atoms with van der Waals surface area (Å²) in [6, 6.07) is 3.62. The number of rotatable bonds is 6. The van der Waals surface area contributed by atoms with Crippen molar-refractivity contribution in [2.45, 2.75) is 38.8 Å². The minimum Gasteiger partial charge on any atom is -0.486 e. The molecule has 0 bridgehead atoms. The lowest BCUT2D eigenvalue weighted by Gasteiger charge is -2.28. The average Bonchev–Trinajstić information content (AvgIpc) is 2.48. The van der Waals surface area contributed by atoms with Gasteiger partial charge in [-0.2, -0.15) is 0 Å². The van der Waals surface area contributed by atoms with Crippen LogP contribution in [0.3, 0.4) is 0 Å². The quantitative estimate of drug-likeness (QED) is 0.845. The van der Waals surface area contributed by atoms with Gasteiger partial charge < -0.3 is 14.6 Å². The van der Waals surface area contributed by atoms with Crippen molar-refractivity contribution in [2.24, 2.45) is 0 Å². The van der Waals surface area contributed by atoms with E-state index in [9.17, 15) is 9.90 Å². The molecule has 1 aromatic rings. The molecule has 21 heavy (non-hydrogen) atoms. The highest BCUT2D eigenvalue weighted by atomic mass is 35.5. The Bertz CT molecular complexity index is 529. The number of carboxylic acids is 1. The van der Waals surface area contributed by atoms with Crippen LogP contribution in [0.25, 0.3) is 0 Å². The second-order valence-electron chi connectivity index (χ2n) is 5.05. The molecule has 6 heteroatoms. The minimum absolute atomic E-state index is 0.407. The lowest BCUT2D eigenvalue weighted by atomic mass is 9.92. The van der Waals surface area contributed by atoms with Crippen molar-refractivity contribution in [3.05, 3.63) is 22.7 Å². The highest BCUT2D eigenvalue weighted by Gasteiger charge is 2.34. The van der Waals surface area contributed by atoms with Gasteiger partial charge in [-0.05, 0) is 30.5 Å². The third-order valence-electron chi connectivity index (χ3n) is 3.90. The molecule has 2 rings (SSSR count). The van der Waals surface area contributed by atoms with Gasteiger partial charge in [-0.3, -0.25) is 10.1 Å². The van der Waals surface area contributed by atoms with E-state index in [4.69, 9.17) is 21.1 Å². The first-order chi connectivity index (χ1) is 10.0. The van der Waals surface area contributed by atoms with Crippen molar-refractivity contribution in [3.8, 4) is 11.5 Å². The molecule has 0 aromatic heterocycles. The number of hydrogen-bond acceptors (Lipinski definition) is 4. The Balaban J connectivity index is 2.16. The highest BCUT2D eigenvalue weighted by Crippen LogP contribution is 2.38. The molecule has 0 saturated heterocycles. The fourth-order valence-electron chi connectivity index (χ4n) is 2.42. The van der Waals surface area contributed by atoms with Gasteiger partial charge in [0, 0.05) is 6.54 Å². The second kappa shape index (κ2) is 6.54. The molecule has 0 aliphatic carbocycles. The molecule has 0 spiro atoms. The summed E-state index contributed by atoms with van der Waals surface area (Å²) in [6.45, 7) is 5.11. The van der Waals surface area contributed by atoms with E-state index in [1.165, 1.54) is 0 Å². The van der Waals surface area contributed by atoms with Gasteiger partial charge in [0.25, 0.3) is 0 Å². The molecule has 1 aliphatic rings. The molecule has 0 atom stereocenters. The lowest BCUT2D eigenvalue weighted by molar-refractivity contribution is -0.145. The third-order valence-corrected chi connectivity index (χ3v) is 4.18. The number of aliphatic carboxylic acids is 1. The summed E-state index contributed by atoms with van der Waals surface area (Å²) in [5, 5.41) is 13.0. The standard InChI is InChI=1S/C15H20ClNO4/c1-3-15(4-2,14(18)19)17-9-10-7-11(16)13-12(8-10)20-5-6-21-13/h7-8,17H,3-6,9H2,1-2H3,(H,18,19). The third kappa shape index (κ3) is 3.24. The van der Waals surface area contributed by atoms with E-state index in [1.54, 1.807) is 6.07 Å². The highest BCUT2D eigenvalue weighted by molar-refractivity contribution is 6.32. The van der Waals surface area contributed by atoms with Gasteiger partial charge in [0.05, 0.1) is 5.02 Å². The number of benzene rings is 1. The monoisotopic (exact) mass is 313 g/mol. The van der Waals surface area contributed by atoms with Crippen LogP contribution >= 0.6 is 11.6 Å². The first kappa shape index (κ1) is 15.9. The van der Waals surface area contributed by atoms with Crippen LogP contribution in [0.2, 0.25) is 5.02 Å². The summed E-state index contributed by atoms with van der Waals surface area (Å²) in [4.78, 5) is 11.5. The Morgan fingerprint density at radius 1 is 1.33 bits per heavy atom. The Kier molecular flexibility index (Phi) is 4.96. The number of ether oxygens (including phenoxy) is 2. The van der Waals surface area contributed by atoms with Gasteiger partial charge in [-0.15, -0.1) is 0 Å². The van der Waals surface area contributed by atoms with Crippen LogP contribution in [-0.2, 0) is 11.3 Å². The summed E-state index contributed by atoms with van der Waals surface area (Å²) < 4.78 is 11.0. The molecule has 0 saturated carbocycles. The SMILES string of the molecule is CCC(CC)(NCc1cc(Cl)c2c(c1)OCCO2)C(=O)O. The molecule has 2 N–H and O–H groups in total. The predicted octanol–water partition coefficient (Wildman–Crippen LogP) is 2.84. The number of fused-ring (bicyclic) bond motifs is 1. The number of hydrogen-bond donors (Lipinski definition) is 2. The molecule has 1 heterocycles. The molecule has 0 fully saturated rings. The maximum atomic E-state index is 11.5. The van der Waals surface area contributed by atoms with Crippen molar-refractivity contribution >= 4 is 17.6 Å². The fraction of sp³-hybridized carbons (Fsp3) is 0.533. The van der Waals surface area contributed by atoms with Crippen molar-refractivity contribution in [3.63, 3.8) is 0 Å². The predicted molar refractivity (Wildman–Crippen MR) is 80.2 cm³/mol. The summed E-state index contributed by atoms with van der Waals surface area (Å²) in [7, 11) is 0. The van der Waals surface area contributed by atoms with Gasteiger partial charge in [-0.1, -0.05) is 25.4 Å². The number of halogens is 1. The molecule has 5 nitrogen and oxygen atoms in total. The average molecular weight is 314 g/mol. The molecular formula is C15H20ClNO4. The molecule has 0 unspecified atom stereocenters. The van der Waals surface area contributed by atoms with Crippen LogP contribution in [0.5, 0.6) is 11.5 Å². The lowest BCUT2D eigenvalue weighted by Crippen LogP contribution is -2.50. The molecule has 1 aliphatic heterocycles. The van der Waals surface area contributed by atoms with Crippen LogP contribution in [0.15, 0.2) is 12.1 Å². The smallest absolute Gasteiger partial charge is 0.323 e. The number of carbonyl (C=O) groups is 1. The summed E-state index contributed by atoms with van der Waals surface area (Å²) in [5.41, 5.74) is -0.0449. The Morgan fingerprint density at radius 3 is 2.62 bits per heavy atom. The van der Waals surface area contributed by atoms with E-state index in [-0.39, 0.29) is 0 Å². The summed E-state index contributed by atoms with van der Waals surface area (Å²) in [5.74, 6) is 0.331. The normalized spacial score (nSPS) is 14.0. The first-order valence-electron chi connectivity index (χ1n) is 7.09. The topological polar surface area (TPSA) is 67.8 Å². The Morgan fingerprint density at radius 2 is 2.00 bits per heavy atom. The Hall–Kier alpha value is -1.46. The van der Waals surface area contributed by atoms with Crippen molar-refractivity contribution < 1.29 is 19.4 Å². The Labute approximate surface area is 129 Å². The molecule has 0 radical (unpaired) electrons. The van der Waals surface area contributed by atoms with E-state index in [2.05, 4.69) is 5.32 Å². The zero-order valence-electron chi connectivity index (χ0n) is 12.2. The molecule has 1 aromatic carbocycles. The number of carboxylic acid groups (broad SMARTS) is 1. The number of nitrogens with one attached hydrogen (secondary N) is 1. The van der Waals surface area contributed by atoms with Gasteiger partial charge in [0.15, 0.2) is 11.5 Å². The van der Waals surface area contributed by atoms with E-state index < -0.39 is 11.5 Å². The van der Waals surface area contributed by atoms with Crippen molar-refractivity contribution in [1.82, 2.24) is 5.32 Å². The van der Waals surface area contributed by atoms with Crippen molar-refractivity contribution in [2.75, 3.05) is 13.2 Å². The first-order valence-corrected chi connectivity index (χ1v) is 7.46. The van der Waals surface area contributed by atoms with E-state index in [0.717, 1.165) is 5.56 Å². The van der Waals surface area contributed by atoms with Gasteiger partial charge in [-0.25, -0.2) is 0 Å².